The van der Waals surface area contributed by atoms with E-state index >= 15 is 0 Å². The third-order valence-corrected chi connectivity index (χ3v) is 5.37. The fourth-order valence-electron chi connectivity index (χ4n) is 4.00. The van der Waals surface area contributed by atoms with Crippen molar-refractivity contribution < 1.29 is 4.79 Å². The number of nitrogens with one attached hydrogen (secondary N) is 2. The molecule has 4 N–H and O–H groups in total. The van der Waals surface area contributed by atoms with Crippen LogP contribution in [-0.2, 0) is 12.8 Å². The quantitative estimate of drug-likeness (QED) is 0.448. The van der Waals surface area contributed by atoms with Crippen LogP contribution in [0.3, 0.4) is 0 Å². The van der Waals surface area contributed by atoms with Crippen molar-refractivity contribution in [2.24, 2.45) is 0 Å². The molecule has 0 bridgehead atoms. The van der Waals surface area contributed by atoms with Crippen LogP contribution < -0.4 is 16.4 Å². The summed E-state index contributed by atoms with van der Waals surface area (Å²) in [5.74, 6) is 0.300. The zero-order valence-corrected chi connectivity index (χ0v) is 17.5. The first-order valence-electron chi connectivity index (χ1n) is 9.92. The zero-order valence-electron chi connectivity index (χ0n) is 16.7. The smallest absolute Gasteiger partial charge is 0.270 e. The molecule has 7 heteroatoms. The van der Waals surface area contributed by atoms with Gasteiger partial charge in [-0.1, -0.05) is 30.3 Å². The Labute approximate surface area is 186 Å². The van der Waals surface area contributed by atoms with Crippen molar-refractivity contribution in [3.05, 3.63) is 89.7 Å². The van der Waals surface area contributed by atoms with Crippen LogP contribution in [0.5, 0.6) is 0 Å². The van der Waals surface area contributed by atoms with Gasteiger partial charge in [-0.25, -0.2) is 4.98 Å². The monoisotopic (exact) mass is 431 g/mol. The SMILES string of the molecule is Cl.Nc1cc(Nc2cccc3ncccc23)nc(C(=O)NC2Cc3ccccc3C2)c1. The number of pyridine rings is 2. The van der Waals surface area contributed by atoms with Crippen LogP contribution in [0.4, 0.5) is 17.2 Å². The second-order valence-corrected chi connectivity index (χ2v) is 7.52. The number of nitrogens with two attached hydrogens (primary N) is 1. The van der Waals surface area contributed by atoms with Crippen molar-refractivity contribution >= 4 is 46.4 Å². The Morgan fingerprint density at radius 3 is 2.52 bits per heavy atom. The molecule has 0 aliphatic heterocycles. The second kappa shape index (κ2) is 8.62. The number of nitrogens with zero attached hydrogens (tertiary/aromatic N) is 2. The van der Waals surface area contributed by atoms with Gasteiger partial charge >= 0.3 is 0 Å². The van der Waals surface area contributed by atoms with E-state index in [9.17, 15) is 4.79 Å². The lowest BCUT2D eigenvalue weighted by Crippen LogP contribution is -2.35. The maximum Gasteiger partial charge on any atom is 0.270 e. The van der Waals surface area contributed by atoms with Gasteiger partial charge in [0.2, 0.25) is 0 Å². The van der Waals surface area contributed by atoms with E-state index in [1.54, 1.807) is 18.3 Å². The summed E-state index contributed by atoms with van der Waals surface area (Å²) in [6.45, 7) is 0. The van der Waals surface area contributed by atoms with Crippen LogP contribution >= 0.6 is 12.4 Å². The summed E-state index contributed by atoms with van der Waals surface area (Å²) in [5.41, 5.74) is 11.2. The summed E-state index contributed by atoms with van der Waals surface area (Å²) in [6.07, 6.45) is 3.42. The third-order valence-electron chi connectivity index (χ3n) is 5.37. The van der Waals surface area contributed by atoms with E-state index < -0.39 is 0 Å². The molecule has 0 radical (unpaired) electrons. The molecule has 156 valence electrons. The van der Waals surface area contributed by atoms with Gasteiger partial charge in [0.05, 0.1) is 5.52 Å². The lowest BCUT2D eigenvalue weighted by atomic mass is 10.1. The first kappa shape index (κ1) is 20.6. The summed E-state index contributed by atoms with van der Waals surface area (Å²) < 4.78 is 0. The van der Waals surface area contributed by atoms with Gasteiger partial charge in [-0.15, -0.1) is 12.4 Å². The summed E-state index contributed by atoms with van der Waals surface area (Å²) in [7, 11) is 0. The van der Waals surface area contributed by atoms with E-state index in [0.29, 0.717) is 17.2 Å². The zero-order chi connectivity index (χ0) is 20.5. The van der Waals surface area contributed by atoms with E-state index in [4.69, 9.17) is 5.73 Å². The fourth-order valence-corrected chi connectivity index (χ4v) is 4.00. The molecular weight excluding hydrogens is 410 g/mol. The first-order chi connectivity index (χ1) is 14.7. The van der Waals surface area contributed by atoms with Gasteiger partial charge in [0.1, 0.15) is 11.5 Å². The average molecular weight is 432 g/mol. The Hall–Kier alpha value is -3.64. The Kier molecular flexibility index (Phi) is 5.73. The molecule has 2 aromatic heterocycles. The highest BCUT2D eigenvalue weighted by molar-refractivity contribution is 5.95. The van der Waals surface area contributed by atoms with Gasteiger partial charge in [0, 0.05) is 35.1 Å². The second-order valence-electron chi connectivity index (χ2n) is 7.52. The molecule has 0 spiro atoms. The molecule has 2 heterocycles. The number of nitrogen functional groups attached to an aromatic ring is 1. The Bertz CT molecular complexity index is 1230. The molecule has 0 unspecified atom stereocenters. The molecule has 4 aromatic rings. The number of carbonyl (C=O) groups excluding carboxylic acids is 1. The maximum absolute atomic E-state index is 12.9. The van der Waals surface area contributed by atoms with Crippen LogP contribution in [0.2, 0.25) is 0 Å². The molecule has 2 aromatic carbocycles. The van der Waals surface area contributed by atoms with E-state index in [2.05, 4.69) is 32.7 Å². The van der Waals surface area contributed by atoms with Gasteiger partial charge in [-0.3, -0.25) is 9.78 Å². The van der Waals surface area contributed by atoms with Gasteiger partial charge in [0.15, 0.2) is 0 Å². The van der Waals surface area contributed by atoms with Crippen molar-refractivity contribution in [3.8, 4) is 0 Å². The minimum Gasteiger partial charge on any atom is -0.399 e. The third kappa shape index (κ3) is 4.29. The highest BCUT2D eigenvalue weighted by Gasteiger charge is 2.23. The number of fused-ring (bicyclic) bond motifs is 2. The number of benzene rings is 2. The van der Waals surface area contributed by atoms with Crippen molar-refractivity contribution in [1.82, 2.24) is 15.3 Å². The van der Waals surface area contributed by atoms with Crippen molar-refractivity contribution in [3.63, 3.8) is 0 Å². The number of rotatable bonds is 4. The molecule has 6 nitrogen and oxygen atoms in total. The molecule has 0 fully saturated rings. The molecule has 31 heavy (non-hydrogen) atoms. The van der Waals surface area contributed by atoms with Crippen molar-refractivity contribution in [2.45, 2.75) is 18.9 Å². The standard InChI is InChI=1S/C24H21N5O.ClH/c25-17-13-22(24(30)27-18-11-15-5-1-2-6-16(15)12-18)29-23(14-17)28-21-9-3-8-20-19(21)7-4-10-26-20;/h1-10,13-14,18H,11-12H2,(H,27,30)(H3,25,28,29);1H. The number of anilines is 3. The highest BCUT2D eigenvalue weighted by Crippen LogP contribution is 2.26. The Balaban J connectivity index is 0.00000231. The van der Waals surface area contributed by atoms with E-state index in [-0.39, 0.29) is 24.4 Å². The molecule has 0 atom stereocenters. The number of amides is 1. The van der Waals surface area contributed by atoms with Gasteiger partial charge in [0.25, 0.3) is 5.91 Å². The number of hydrogen-bond donors (Lipinski definition) is 3. The number of halogens is 1. The molecule has 1 aliphatic rings. The maximum atomic E-state index is 12.9. The van der Waals surface area contributed by atoms with Crippen LogP contribution in [0.15, 0.2) is 72.9 Å². The lowest BCUT2D eigenvalue weighted by Gasteiger charge is -2.14. The molecule has 1 amide bonds. The van der Waals surface area contributed by atoms with Crippen LogP contribution in [0.25, 0.3) is 10.9 Å². The summed E-state index contributed by atoms with van der Waals surface area (Å²) in [5, 5.41) is 7.35. The molecule has 1 aliphatic carbocycles. The predicted octanol–water partition coefficient (Wildman–Crippen LogP) is 4.27. The molecule has 5 rings (SSSR count). The lowest BCUT2D eigenvalue weighted by molar-refractivity contribution is 0.0933. The largest absolute Gasteiger partial charge is 0.399 e. The van der Waals surface area contributed by atoms with E-state index in [1.807, 2.05) is 42.5 Å². The molecule has 0 saturated carbocycles. The van der Waals surface area contributed by atoms with Crippen molar-refractivity contribution in [2.75, 3.05) is 11.1 Å². The Morgan fingerprint density at radius 1 is 0.968 bits per heavy atom. The van der Waals surface area contributed by atoms with E-state index in [1.165, 1.54) is 11.1 Å². The number of hydrogen-bond acceptors (Lipinski definition) is 5. The summed E-state index contributed by atoms with van der Waals surface area (Å²) in [4.78, 5) is 21.7. The van der Waals surface area contributed by atoms with Crippen LogP contribution in [0.1, 0.15) is 21.6 Å². The van der Waals surface area contributed by atoms with E-state index in [0.717, 1.165) is 29.4 Å². The summed E-state index contributed by atoms with van der Waals surface area (Å²) in [6, 6.07) is 21.4. The fraction of sp³-hybridized carbons (Fsp3) is 0.125. The number of carbonyl (C=O) groups is 1. The normalized spacial score (nSPS) is 12.8. The minimum atomic E-state index is -0.220. The van der Waals surface area contributed by atoms with Gasteiger partial charge in [-0.05, 0) is 54.3 Å². The predicted molar refractivity (Wildman–Crippen MR) is 126 cm³/mol. The summed E-state index contributed by atoms with van der Waals surface area (Å²) >= 11 is 0. The van der Waals surface area contributed by atoms with Crippen LogP contribution in [0, 0.1) is 0 Å². The number of aromatic nitrogens is 2. The molecular formula is C24H22ClN5O. The average Bonchev–Trinajstić information content (AvgIpc) is 3.16. The first-order valence-corrected chi connectivity index (χ1v) is 9.92. The topological polar surface area (TPSA) is 92.9 Å². The van der Waals surface area contributed by atoms with Crippen molar-refractivity contribution in [1.29, 1.82) is 0 Å². The molecule has 0 saturated heterocycles. The van der Waals surface area contributed by atoms with Gasteiger partial charge in [-0.2, -0.15) is 0 Å². The minimum absolute atomic E-state index is 0. The highest BCUT2D eigenvalue weighted by atomic mass is 35.5. The van der Waals surface area contributed by atoms with Crippen LogP contribution in [-0.4, -0.2) is 21.9 Å². The van der Waals surface area contributed by atoms with Gasteiger partial charge < -0.3 is 16.4 Å². The Morgan fingerprint density at radius 2 is 1.74 bits per heavy atom.